The zero-order valence-corrected chi connectivity index (χ0v) is 21.5. The summed E-state index contributed by atoms with van der Waals surface area (Å²) >= 11 is 1.34. The lowest BCUT2D eigenvalue weighted by Gasteiger charge is -2.23. The molecule has 0 radical (unpaired) electrons. The highest BCUT2D eigenvalue weighted by Crippen LogP contribution is 2.45. The highest BCUT2D eigenvalue weighted by atomic mass is 32.1. The van der Waals surface area contributed by atoms with Gasteiger partial charge < -0.3 is 14.6 Å². The molecule has 1 aliphatic heterocycles. The molecule has 0 aliphatic carbocycles. The Morgan fingerprint density at radius 1 is 1.03 bits per heavy atom. The maximum Gasteiger partial charge on any atom is 0.301 e. The molecule has 1 amide bonds. The molecule has 1 saturated heterocycles. The molecule has 4 aromatic rings. The summed E-state index contributed by atoms with van der Waals surface area (Å²) in [5.41, 5.74) is 2.93. The molecule has 0 spiro atoms. The number of aromatic nitrogens is 1. The van der Waals surface area contributed by atoms with E-state index in [9.17, 15) is 14.7 Å². The van der Waals surface area contributed by atoms with Crippen LogP contribution in [0.1, 0.15) is 36.6 Å². The van der Waals surface area contributed by atoms with Crippen molar-refractivity contribution in [2.45, 2.75) is 26.3 Å². The fourth-order valence-corrected chi connectivity index (χ4v) is 5.52. The minimum atomic E-state index is -0.882. The normalized spacial score (nSPS) is 16.9. The van der Waals surface area contributed by atoms with Gasteiger partial charge in [-0.25, -0.2) is 4.98 Å². The molecule has 2 heterocycles. The first-order valence-electron chi connectivity index (χ1n) is 12.0. The first kappa shape index (κ1) is 24.5. The molecule has 7 nitrogen and oxygen atoms in total. The van der Waals surface area contributed by atoms with Crippen LogP contribution >= 0.6 is 11.3 Å². The Morgan fingerprint density at radius 3 is 2.51 bits per heavy atom. The van der Waals surface area contributed by atoms with Crippen molar-refractivity contribution in [3.05, 3.63) is 89.0 Å². The maximum absolute atomic E-state index is 13.5. The zero-order valence-electron chi connectivity index (χ0n) is 20.7. The van der Waals surface area contributed by atoms with Gasteiger partial charge in [0.05, 0.1) is 35.5 Å². The van der Waals surface area contributed by atoms with Gasteiger partial charge in [-0.1, -0.05) is 36.5 Å². The number of ether oxygens (including phenoxy) is 2. The lowest BCUT2D eigenvalue weighted by Crippen LogP contribution is -2.29. The van der Waals surface area contributed by atoms with Gasteiger partial charge in [0.25, 0.3) is 5.78 Å². The van der Waals surface area contributed by atoms with E-state index >= 15 is 0 Å². The smallest absolute Gasteiger partial charge is 0.301 e. The number of aliphatic hydroxyl groups is 1. The van der Waals surface area contributed by atoms with E-state index < -0.39 is 17.7 Å². The average molecular weight is 515 g/mol. The predicted octanol–water partition coefficient (Wildman–Crippen LogP) is 5.89. The number of carbonyl (C=O) groups is 2. The molecule has 1 aromatic heterocycles. The second-order valence-corrected chi connectivity index (χ2v) is 9.56. The van der Waals surface area contributed by atoms with Crippen molar-refractivity contribution in [1.82, 2.24) is 4.98 Å². The number of ketones is 1. The van der Waals surface area contributed by atoms with Gasteiger partial charge in [-0.15, -0.1) is 0 Å². The van der Waals surface area contributed by atoms with E-state index in [2.05, 4.69) is 6.92 Å². The molecule has 1 fully saturated rings. The number of thiazole rings is 1. The average Bonchev–Trinajstić information content (AvgIpc) is 3.46. The first-order valence-corrected chi connectivity index (χ1v) is 12.8. The number of hydrogen-bond donors (Lipinski definition) is 1. The van der Waals surface area contributed by atoms with E-state index in [0.717, 1.165) is 22.2 Å². The quantitative estimate of drug-likeness (QED) is 0.188. The lowest BCUT2D eigenvalue weighted by molar-refractivity contribution is -0.132. The summed E-state index contributed by atoms with van der Waals surface area (Å²) in [6.45, 7) is 4.47. The van der Waals surface area contributed by atoms with Crippen molar-refractivity contribution < 1.29 is 24.2 Å². The fourth-order valence-electron chi connectivity index (χ4n) is 4.47. The molecule has 1 atom stereocenters. The third-order valence-electron chi connectivity index (χ3n) is 6.35. The summed E-state index contributed by atoms with van der Waals surface area (Å²) in [7, 11) is 1.55. The summed E-state index contributed by atoms with van der Waals surface area (Å²) in [6, 6.07) is 19.0. The highest BCUT2D eigenvalue weighted by molar-refractivity contribution is 7.22. The summed E-state index contributed by atoms with van der Waals surface area (Å²) in [5.74, 6) is -0.556. The molecule has 0 saturated carbocycles. The number of methoxy groups -OCH3 is 1. The third-order valence-corrected chi connectivity index (χ3v) is 7.37. The monoisotopic (exact) mass is 514 g/mol. The van der Waals surface area contributed by atoms with Crippen molar-refractivity contribution in [3.8, 4) is 11.5 Å². The molecule has 37 heavy (non-hydrogen) atoms. The number of hydrogen-bond acceptors (Lipinski definition) is 7. The Kier molecular flexibility index (Phi) is 6.67. The van der Waals surface area contributed by atoms with Gasteiger partial charge in [-0.3, -0.25) is 14.5 Å². The number of amides is 1. The van der Waals surface area contributed by atoms with Crippen molar-refractivity contribution in [3.63, 3.8) is 0 Å². The summed E-state index contributed by atoms with van der Waals surface area (Å²) in [6.07, 6.45) is 0.875. The van der Waals surface area contributed by atoms with E-state index in [1.807, 2.05) is 25.1 Å². The van der Waals surface area contributed by atoms with Crippen LogP contribution in [0.25, 0.3) is 16.0 Å². The standard InChI is InChI=1S/C29H26N2O5S/c1-4-17-9-14-22-23(15-17)37-29(30-22)31-25(19-7-6-8-21(16-19)35-3)24(27(33)28(31)34)26(32)18-10-12-20(13-11-18)36-5-2/h6-16,25,32H,4-5H2,1-3H3/t25-/m0/s1. The van der Waals surface area contributed by atoms with Crippen LogP contribution in [0, 0.1) is 0 Å². The molecular weight excluding hydrogens is 488 g/mol. The van der Waals surface area contributed by atoms with Crippen LogP contribution in [-0.4, -0.2) is 35.5 Å². The van der Waals surface area contributed by atoms with Gasteiger partial charge >= 0.3 is 5.91 Å². The van der Waals surface area contributed by atoms with E-state index in [1.165, 1.54) is 16.2 Å². The number of aliphatic hydroxyl groups excluding tert-OH is 1. The van der Waals surface area contributed by atoms with Crippen LogP contribution in [0.3, 0.4) is 0 Å². The Morgan fingerprint density at radius 2 is 1.81 bits per heavy atom. The van der Waals surface area contributed by atoms with Crippen LogP contribution in [-0.2, 0) is 16.0 Å². The summed E-state index contributed by atoms with van der Waals surface area (Å²) in [5, 5.41) is 11.7. The number of fused-ring (bicyclic) bond motifs is 1. The highest BCUT2D eigenvalue weighted by Gasteiger charge is 2.48. The number of carbonyl (C=O) groups excluding carboxylic acids is 2. The van der Waals surface area contributed by atoms with Crippen molar-refractivity contribution >= 4 is 44.1 Å². The SMILES string of the molecule is CCOc1ccc(C(O)=C2C(=O)C(=O)N(c3nc4ccc(CC)cc4s3)[C@H]2c2cccc(OC)c2)cc1. The second kappa shape index (κ2) is 10.1. The molecular formula is C29H26N2O5S. The Bertz CT molecular complexity index is 1520. The number of benzene rings is 3. The summed E-state index contributed by atoms with van der Waals surface area (Å²) in [4.78, 5) is 33.0. The minimum Gasteiger partial charge on any atom is -0.507 e. The van der Waals surface area contributed by atoms with E-state index in [4.69, 9.17) is 14.5 Å². The van der Waals surface area contributed by atoms with Gasteiger partial charge in [0.1, 0.15) is 17.3 Å². The topological polar surface area (TPSA) is 89.0 Å². The number of nitrogens with zero attached hydrogens (tertiary/aromatic N) is 2. The maximum atomic E-state index is 13.5. The van der Waals surface area contributed by atoms with Gasteiger partial charge in [0.2, 0.25) is 0 Å². The second-order valence-electron chi connectivity index (χ2n) is 8.56. The van der Waals surface area contributed by atoms with Crippen LogP contribution < -0.4 is 14.4 Å². The minimum absolute atomic E-state index is 0.00378. The molecule has 188 valence electrons. The van der Waals surface area contributed by atoms with Gasteiger partial charge in [0, 0.05) is 5.56 Å². The predicted molar refractivity (Wildman–Crippen MR) is 144 cm³/mol. The van der Waals surface area contributed by atoms with Crippen LogP contribution in [0.4, 0.5) is 5.13 Å². The van der Waals surface area contributed by atoms with E-state index in [0.29, 0.717) is 34.4 Å². The van der Waals surface area contributed by atoms with Crippen LogP contribution in [0.15, 0.2) is 72.3 Å². The largest absolute Gasteiger partial charge is 0.507 e. The Balaban J connectivity index is 1.68. The molecule has 1 aliphatic rings. The van der Waals surface area contributed by atoms with Crippen molar-refractivity contribution in [2.75, 3.05) is 18.6 Å². The lowest BCUT2D eigenvalue weighted by atomic mass is 9.95. The molecule has 3 aromatic carbocycles. The molecule has 1 N–H and O–H groups in total. The van der Waals surface area contributed by atoms with Gasteiger partial charge in [-0.05, 0) is 73.0 Å². The molecule has 0 unspecified atom stereocenters. The first-order chi connectivity index (χ1) is 17.9. The van der Waals surface area contributed by atoms with Gasteiger partial charge in [-0.2, -0.15) is 0 Å². The van der Waals surface area contributed by atoms with Gasteiger partial charge in [0.15, 0.2) is 5.13 Å². The zero-order chi connectivity index (χ0) is 26.1. The molecule has 0 bridgehead atoms. The Hall–Kier alpha value is -4.17. The van der Waals surface area contributed by atoms with Crippen molar-refractivity contribution in [2.24, 2.45) is 0 Å². The van der Waals surface area contributed by atoms with Crippen molar-refractivity contribution in [1.29, 1.82) is 0 Å². The van der Waals surface area contributed by atoms with E-state index in [-0.39, 0.29) is 11.3 Å². The van der Waals surface area contributed by atoms with Crippen LogP contribution in [0.2, 0.25) is 0 Å². The Labute approximate surface area is 218 Å². The summed E-state index contributed by atoms with van der Waals surface area (Å²) < 4.78 is 11.8. The number of anilines is 1. The number of aryl methyl sites for hydroxylation is 1. The fraction of sp³-hybridized carbons (Fsp3) is 0.207. The number of rotatable bonds is 7. The molecule has 5 rings (SSSR count). The molecule has 8 heteroatoms. The van der Waals surface area contributed by atoms with E-state index in [1.54, 1.807) is 55.6 Å². The number of Topliss-reactive ketones (excluding diaryl/α,β-unsaturated/α-hetero) is 1. The van der Waals surface area contributed by atoms with Crippen LogP contribution in [0.5, 0.6) is 11.5 Å². The third kappa shape index (κ3) is 4.44.